The van der Waals surface area contributed by atoms with Crippen LogP contribution in [-0.4, -0.2) is 14.2 Å². The monoisotopic (exact) mass is 273 g/mol. The van der Waals surface area contributed by atoms with Crippen molar-refractivity contribution in [1.29, 1.82) is 5.26 Å². The van der Waals surface area contributed by atoms with Gasteiger partial charge < -0.3 is 9.47 Å². The second-order valence-corrected chi connectivity index (χ2v) is 5.11. The van der Waals surface area contributed by atoms with Crippen molar-refractivity contribution in [2.75, 3.05) is 14.2 Å². The van der Waals surface area contributed by atoms with Crippen molar-refractivity contribution in [3.8, 4) is 17.6 Å². The van der Waals surface area contributed by atoms with E-state index in [0.717, 1.165) is 17.1 Å². The largest absolute Gasteiger partial charge is 0.497 e. The minimum Gasteiger partial charge on any atom is -0.497 e. The molecule has 0 spiro atoms. The van der Waals surface area contributed by atoms with Crippen molar-refractivity contribution in [2.24, 2.45) is 0 Å². The molecular formula is C15H15NO2S. The van der Waals surface area contributed by atoms with Crippen LogP contribution in [0.4, 0.5) is 0 Å². The van der Waals surface area contributed by atoms with E-state index in [0.29, 0.717) is 6.42 Å². The zero-order valence-electron chi connectivity index (χ0n) is 10.9. The van der Waals surface area contributed by atoms with E-state index in [1.54, 1.807) is 25.6 Å². The fourth-order valence-electron chi connectivity index (χ4n) is 1.97. The molecule has 0 saturated heterocycles. The number of nitrogens with zero attached hydrogens (tertiary/aromatic N) is 1. The molecule has 4 heteroatoms. The first kappa shape index (κ1) is 13.4. The molecule has 1 atom stereocenters. The van der Waals surface area contributed by atoms with Crippen LogP contribution < -0.4 is 9.47 Å². The molecule has 0 amide bonds. The molecule has 0 aliphatic carbocycles. The third-order valence-corrected chi connectivity index (χ3v) is 3.85. The zero-order chi connectivity index (χ0) is 13.7. The maximum Gasteiger partial charge on any atom is 0.123 e. The number of hydrogen-bond donors (Lipinski definition) is 0. The van der Waals surface area contributed by atoms with Crippen LogP contribution in [0.15, 0.2) is 35.7 Å². The molecule has 2 aromatic rings. The third kappa shape index (κ3) is 3.07. The molecule has 0 bridgehead atoms. The number of benzene rings is 1. The summed E-state index contributed by atoms with van der Waals surface area (Å²) in [5.41, 5.74) is 0.873. The van der Waals surface area contributed by atoms with Crippen LogP contribution in [0.5, 0.6) is 11.5 Å². The van der Waals surface area contributed by atoms with Crippen LogP contribution in [0.3, 0.4) is 0 Å². The van der Waals surface area contributed by atoms with Crippen LogP contribution >= 0.6 is 11.3 Å². The van der Waals surface area contributed by atoms with Gasteiger partial charge >= 0.3 is 0 Å². The van der Waals surface area contributed by atoms with E-state index in [1.165, 1.54) is 4.88 Å². The zero-order valence-corrected chi connectivity index (χ0v) is 11.7. The summed E-state index contributed by atoms with van der Waals surface area (Å²) in [5.74, 6) is 1.23. The Balaban J connectivity index is 2.34. The van der Waals surface area contributed by atoms with Crippen molar-refractivity contribution in [3.63, 3.8) is 0 Å². The van der Waals surface area contributed by atoms with Crippen molar-refractivity contribution >= 4 is 11.3 Å². The van der Waals surface area contributed by atoms with Gasteiger partial charge in [-0.1, -0.05) is 6.07 Å². The molecule has 0 fully saturated rings. The van der Waals surface area contributed by atoms with Gasteiger partial charge in [0.05, 0.1) is 26.2 Å². The Labute approximate surface area is 117 Å². The summed E-state index contributed by atoms with van der Waals surface area (Å²) in [6.45, 7) is 0. The van der Waals surface area contributed by atoms with E-state index < -0.39 is 0 Å². The fourth-order valence-corrected chi connectivity index (χ4v) is 2.72. The quantitative estimate of drug-likeness (QED) is 0.835. The maximum absolute atomic E-state index is 9.42. The summed E-state index contributed by atoms with van der Waals surface area (Å²) in [6.07, 6.45) is 0.692. The lowest BCUT2D eigenvalue weighted by molar-refractivity contribution is 0.397. The Hall–Kier alpha value is -1.99. The lowest BCUT2D eigenvalue weighted by atomic mass is 9.95. The van der Waals surface area contributed by atoms with Gasteiger partial charge in [-0.2, -0.15) is 5.26 Å². The summed E-state index contributed by atoms with van der Waals surface area (Å²) in [4.78, 5) is 1.19. The average Bonchev–Trinajstić information content (AvgIpc) is 2.97. The van der Waals surface area contributed by atoms with E-state index in [4.69, 9.17) is 9.47 Å². The van der Waals surface area contributed by atoms with E-state index in [9.17, 15) is 5.26 Å². The number of methoxy groups -OCH3 is 2. The molecule has 98 valence electrons. The number of nitriles is 1. The highest BCUT2D eigenvalue weighted by atomic mass is 32.1. The molecule has 1 heterocycles. The summed E-state index contributed by atoms with van der Waals surface area (Å²) in [7, 11) is 3.23. The fraction of sp³-hybridized carbons (Fsp3) is 0.267. The van der Waals surface area contributed by atoms with Gasteiger partial charge in [0, 0.05) is 16.9 Å². The first-order valence-corrected chi connectivity index (χ1v) is 6.80. The summed E-state index contributed by atoms with van der Waals surface area (Å²) in [5, 5.41) is 11.4. The molecule has 0 radical (unpaired) electrons. The number of thiophene rings is 1. The van der Waals surface area contributed by atoms with E-state index in [-0.39, 0.29) is 5.92 Å². The van der Waals surface area contributed by atoms with Gasteiger partial charge in [-0.15, -0.1) is 11.3 Å². The topological polar surface area (TPSA) is 42.2 Å². The van der Waals surface area contributed by atoms with Gasteiger partial charge in [0.2, 0.25) is 0 Å². The Morgan fingerprint density at radius 1 is 1.26 bits per heavy atom. The van der Waals surface area contributed by atoms with Gasteiger partial charge in [-0.25, -0.2) is 0 Å². The summed E-state index contributed by atoms with van der Waals surface area (Å²) in [6, 6.07) is 11.9. The van der Waals surface area contributed by atoms with Crippen LogP contribution in [0.25, 0.3) is 0 Å². The van der Waals surface area contributed by atoms with E-state index in [2.05, 4.69) is 6.07 Å². The lowest BCUT2D eigenvalue weighted by Crippen LogP contribution is -2.02. The standard InChI is InChI=1S/C15H15NO2S/c1-17-12-5-6-15(18-2)14(9-12)11(10-16)8-13-4-3-7-19-13/h3-7,9,11H,8H2,1-2H3. The van der Waals surface area contributed by atoms with Gasteiger partial charge in [-0.05, 0) is 29.6 Å². The first-order valence-electron chi connectivity index (χ1n) is 5.92. The van der Waals surface area contributed by atoms with Gasteiger partial charge in [0.1, 0.15) is 11.5 Å². The molecule has 0 aliphatic heterocycles. The van der Waals surface area contributed by atoms with Crippen LogP contribution in [0.1, 0.15) is 16.4 Å². The third-order valence-electron chi connectivity index (χ3n) is 2.95. The van der Waals surface area contributed by atoms with Crippen LogP contribution in [0.2, 0.25) is 0 Å². The molecule has 0 N–H and O–H groups in total. The minimum absolute atomic E-state index is 0.233. The molecule has 2 rings (SSSR count). The van der Waals surface area contributed by atoms with Crippen molar-refractivity contribution < 1.29 is 9.47 Å². The summed E-state index contributed by atoms with van der Waals surface area (Å²) >= 11 is 1.66. The summed E-state index contributed by atoms with van der Waals surface area (Å²) < 4.78 is 10.6. The lowest BCUT2D eigenvalue weighted by Gasteiger charge is -2.14. The minimum atomic E-state index is -0.233. The predicted octanol–water partition coefficient (Wildman–Crippen LogP) is 3.62. The molecule has 0 saturated carbocycles. The smallest absolute Gasteiger partial charge is 0.123 e. The second kappa shape index (κ2) is 6.26. The molecule has 19 heavy (non-hydrogen) atoms. The predicted molar refractivity (Wildman–Crippen MR) is 75.9 cm³/mol. The van der Waals surface area contributed by atoms with Gasteiger partial charge in [0.15, 0.2) is 0 Å². The highest BCUT2D eigenvalue weighted by Gasteiger charge is 2.17. The van der Waals surface area contributed by atoms with E-state index in [1.807, 2.05) is 35.7 Å². The second-order valence-electron chi connectivity index (χ2n) is 4.07. The molecular weight excluding hydrogens is 258 g/mol. The Kier molecular flexibility index (Phi) is 4.43. The number of ether oxygens (including phenoxy) is 2. The van der Waals surface area contributed by atoms with Crippen molar-refractivity contribution in [3.05, 3.63) is 46.2 Å². The normalized spacial score (nSPS) is 11.6. The Bertz CT molecular complexity index is 572. The Morgan fingerprint density at radius 3 is 2.68 bits per heavy atom. The molecule has 3 nitrogen and oxygen atoms in total. The first-order chi connectivity index (χ1) is 9.28. The van der Waals surface area contributed by atoms with Gasteiger partial charge in [-0.3, -0.25) is 0 Å². The maximum atomic E-state index is 9.42. The average molecular weight is 273 g/mol. The molecule has 1 aromatic carbocycles. The van der Waals surface area contributed by atoms with E-state index >= 15 is 0 Å². The van der Waals surface area contributed by atoms with Crippen LogP contribution in [-0.2, 0) is 6.42 Å². The molecule has 1 unspecified atom stereocenters. The molecule has 1 aromatic heterocycles. The van der Waals surface area contributed by atoms with Gasteiger partial charge in [0.25, 0.3) is 0 Å². The van der Waals surface area contributed by atoms with Crippen molar-refractivity contribution in [1.82, 2.24) is 0 Å². The molecule has 0 aliphatic rings. The number of hydrogen-bond acceptors (Lipinski definition) is 4. The SMILES string of the molecule is COc1ccc(OC)c(C(C#N)Cc2cccs2)c1. The van der Waals surface area contributed by atoms with Crippen LogP contribution in [0, 0.1) is 11.3 Å². The Morgan fingerprint density at radius 2 is 2.11 bits per heavy atom. The highest BCUT2D eigenvalue weighted by Crippen LogP contribution is 2.33. The number of rotatable bonds is 5. The van der Waals surface area contributed by atoms with Crippen molar-refractivity contribution in [2.45, 2.75) is 12.3 Å². The highest BCUT2D eigenvalue weighted by molar-refractivity contribution is 7.09.